The van der Waals surface area contributed by atoms with Crippen LogP contribution in [0.1, 0.15) is 33.6 Å². The van der Waals surface area contributed by atoms with Crippen molar-refractivity contribution in [3.05, 3.63) is 0 Å². The van der Waals surface area contributed by atoms with Gasteiger partial charge in [-0.1, -0.05) is 6.92 Å². The molecule has 2 N–H and O–H groups in total. The Balaban J connectivity index is 0.000000536. The minimum absolute atomic E-state index is 0.0529. The van der Waals surface area contributed by atoms with Gasteiger partial charge in [-0.05, 0) is 45.7 Å². The molecule has 0 spiro atoms. The number of hydrogen-bond acceptors (Lipinski definition) is 5. The molecule has 2 fully saturated rings. The Kier molecular flexibility index (Phi) is 11.8. The van der Waals surface area contributed by atoms with Crippen LogP contribution in [-0.2, 0) is 14.3 Å². The van der Waals surface area contributed by atoms with Crippen LogP contribution < -0.4 is 0 Å². The molecule has 2 heterocycles. The number of halogens is 6. The minimum Gasteiger partial charge on any atom is -0.475 e. The largest absolute Gasteiger partial charge is 0.490 e. The monoisotopic (exact) mass is 468 g/mol. The molecule has 0 aromatic rings. The number of carboxylic acids is 2. The molecule has 184 valence electrons. The zero-order valence-electron chi connectivity index (χ0n) is 17.7. The van der Waals surface area contributed by atoms with Gasteiger partial charge >= 0.3 is 24.3 Å². The molecule has 31 heavy (non-hydrogen) atoms. The molecular weight excluding hydrogens is 438 g/mol. The van der Waals surface area contributed by atoms with E-state index in [0.29, 0.717) is 0 Å². The van der Waals surface area contributed by atoms with Crippen LogP contribution in [0.5, 0.6) is 0 Å². The average Bonchev–Trinajstić information content (AvgIpc) is 2.60. The van der Waals surface area contributed by atoms with Crippen molar-refractivity contribution >= 4 is 11.9 Å². The van der Waals surface area contributed by atoms with E-state index in [1.165, 1.54) is 39.0 Å². The highest BCUT2D eigenvalue weighted by Crippen LogP contribution is 2.21. The lowest BCUT2D eigenvalue weighted by molar-refractivity contribution is -0.193. The Morgan fingerprint density at radius 2 is 1.48 bits per heavy atom. The van der Waals surface area contributed by atoms with Crippen LogP contribution in [0.2, 0.25) is 0 Å². The maximum Gasteiger partial charge on any atom is 0.490 e. The number of alkyl halides is 6. The minimum atomic E-state index is -5.08. The van der Waals surface area contributed by atoms with Crippen LogP contribution in [0.4, 0.5) is 26.3 Å². The lowest BCUT2D eigenvalue weighted by atomic mass is 9.96. The summed E-state index contributed by atoms with van der Waals surface area (Å²) in [6.45, 7) is 14.9. The number of carbonyl (C=O) groups is 2. The van der Waals surface area contributed by atoms with E-state index in [1.54, 1.807) is 0 Å². The molecule has 0 radical (unpaired) electrons. The lowest BCUT2D eigenvalue weighted by Crippen LogP contribution is -2.51. The maximum absolute atomic E-state index is 10.6. The van der Waals surface area contributed by atoms with Gasteiger partial charge in [-0.2, -0.15) is 26.3 Å². The van der Waals surface area contributed by atoms with Crippen molar-refractivity contribution in [1.82, 2.24) is 9.80 Å². The number of piperidine rings is 1. The third-order valence-corrected chi connectivity index (χ3v) is 4.56. The summed E-state index contributed by atoms with van der Waals surface area (Å²) >= 11 is 0. The van der Waals surface area contributed by atoms with Crippen molar-refractivity contribution in [3.8, 4) is 0 Å². The highest BCUT2D eigenvalue weighted by atomic mass is 19.4. The van der Waals surface area contributed by atoms with Gasteiger partial charge in [0, 0.05) is 26.2 Å². The number of morpholine rings is 1. The van der Waals surface area contributed by atoms with Gasteiger partial charge in [0.2, 0.25) is 0 Å². The van der Waals surface area contributed by atoms with Gasteiger partial charge in [-0.3, -0.25) is 4.90 Å². The lowest BCUT2D eigenvalue weighted by Gasteiger charge is -2.41. The number of rotatable bonds is 3. The number of aliphatic carboxylic acids is 2. The highest BCUT2D eigenvalue weighted by Gasteiger charge is 2.38. The van der Waals surface area contributed by atoms with E-state index in [4.69, 9.17) is 24.5 Å². The summed E-state index contributed by atoms with van der Waals surface area (Å²) in [6.07, 6.45) is -7.37. The summed E-state index contributed by atoms with van der Waals surface area (Å²) in [5.41, 5.74) is 0.0529. The number of ether oxygens (including phenoxy) is 1. The molecule has 0 bridgehead atoms. The smallest absolute Gasteiger partial charge is 0.475 e. The Morgan fingerprint density at radius 1 is 1.00 bits per heavy atom. The normalized spacial score (nSPS) is 22.4. The predicted molar refractivity (Wildman–Crippen MR) is 98.7 cm³/mol. The van der Waals surface area contributed by atoms with E-state index < -0.39 is 24.3 Å². The average molecular weight is 468 g/mol. The molecule has 0 aromatic heterocycles. The fourth-order valence-electron chi connectivity index (χ4n) is 3.22. The van der Waals surface area contributed by atoms with E-state index in [1.807, 2.05) is 0 Å². The van der Waals surface area contributed by atoms with Crippen LogP contribution in [0.15, 0.2) is 0 Å². The van der Waals surface area contributed by atoms with E-state index in [-0.39, 0.29) is 5.60 Å². The van der Waals surface area contributed by atoms with Gasteiger partial charge < -0.3 is 19.8 Å². The van der Waals surface area contributed by atoms with Crippen molar-refractivity contribution in [1.29, 1.82) is 0 Å². The molecule has 2 aliphatic heterocycles. The Bertz CT molecular complexity index is 545. The second-order valence-corrected chi connectivity index (χ2v) is 7.85. The molecule has 2 aliphatic rings. The van der Waals surface area contributed by atoms with Crippen LogP contribution in [0, 0.1) is 5.92 Å². The fraction of sp³-hybridized carbons (Fsp3) is 0.889. The third-order valence-electron chi connectivity index (χ3n) is 4.56. The van der Waals surface area contributed by atoms with E-state index >= 15 is 0 Å². The van der Waals surface area contributed by atoms with Crippen molar-refractivity contribution in [2.45, 2.75) is 51.6 Å². The fourth-order valence-corrected chi connectivity index (χ4v) is 3.22. The molecule has 1 unspecified atom stereocenters. The van der Waals surface area contributed by atoms with E-state index in [0.717, 1.165) is 25.6 Å². The van der Waals surface area contributed by atoms with Crippen LogP contribution >= 0.6 is 0 Å². The van der Waals surface area contributed by atoms with Gasteiger partial charge in [-0.25, -0.2) is 9.59 Å². The molecule has 2 rings (SSSR count). The van der Waals surface area contributed by atoms with Crippen LogP contribution in [0.3, 0.4) is 0 Å². The molecule has 1 atom stereocenters. The zero-order valence-corrected chi connectivity index (χ0v) is 17.7. The molecule has 0 aromatic carbocycles. The van der Waals surface area contributed by atoms with Crippen molar-refractivity contribution < 1.29 is 50.9 Å². The van der Waals surface area contributed by atoms with E-state index in [2.05, 4.69) is 30.6 Å². The van der Waals surface area contributed by atoms with Gasteiger partial charge in [0.1, 0.15) is 0 Å². The van der Waals surface area contributed by atoms with Crippen molar-refractivity contribution in [2.75, 3.05) is 45.9 Å². The quantitative estimate of drug-likeness (QED) is 0.616. The summed E-state index contributed by atoms with van der Waals surface area (Å²) < 4.78 is 69.2. The number of nitrogens with zero attached hydrogens (tertiary/aromatic N) is 2. The Morgan fingerprint density at radius 3 is 1.87 bits per heavy atom. The van der Waals surface area contributed by atoms with Gasteiger partial charge in [0.05, 0.1) is 12.2 Å². The first kappa shape index (κ1) is 29.4. The highest BCUT2D eigenvalue weighted by molar-refractivity contribution is 5.73. The van der Waals surface area contributed by atoms with Crippen molar-refractivity contribution in [2.24, 2.45) is 5.92 Å². The zero-order chi connectivity index (χ0) is 24.5. The summed E-state index contributed by atoms with van der Waals surface area (Å²) in [7, 11) is 0. The van der Waals surface area contributed by atoms with Gasteiger partial charge in [0.25, 0.3) is 0 Å². The molecule has 0 saturated carbocycles. The number of carboxylic acid groups (broad SMARTS) is 2. The number of hydrogen-bond donors (Lipinski definition) is 2. The summed E-state index contributed by atoms with van der Waals surface area (Å²) in [6, 6.07) is 0. The summed E-state index contributed by atoms with van der Waals surface area (Å²) in [5.74, 6) is -4.64. The van der Waals surface area contributed by atoms with Gasteiger partial charge in [-0.15, -0.1) is 0 Å². The second kappa shape index (κ2) is 12.4. The third kappa shape index (κ3) is 13.4. The summed E-state index contributed by atoms with van der Waals surface area (Å²) in [4.78, 5) is 23.0. The molecular formula is C18H30F6N2O5. The standard InChI is InChI=1S/C14H28N2O.2C2HF3O2/c1-4-15-7-5-6-13(10-15)11-16-8-9-17-14(2,3)12-16;2*3-2(4,5)1(6)7/h13H,4-12H2,1-3H3;2*(H,6,7). The SMILES string of the molecule is CCN1CCCC(CN2CCOC(C)(C)C2)C1.O=C(O)C(F)(F)F.O=C(O)C(F)(F)F. The molecule has 0 amide bonds. The molecule has 2 saturated heterocycles. The first-order valence-corrected chi connectivity index (χ1v) is 9.66. The maximum atomic E-state index is 10.6. The summed E-state index contributed by atoms with van der Waals surface area (Å²) in [5, 5.41) is 14.2. The Hall–Kier alpha value is -1.60. The number of likely N-dealkylation sites (tertiary alicyclic amines) is 1. The Labute approximate surface area is 176 Å². The van der Waals surface area contributed by atoms with E-state index in [9.17, 15) is 26.3 Å². The van der Waals surface area contributed by atoms with Crippen LogP contribution in [0.25, 0.3) is 0 Å². The predicted octanol–water partition coefficient (Wildman–Crippen LogP) is 3.10. The molecule has 7 nitrogen and oxygen atoms in total. The molecule has 13 heteroatoms. The molecule has 0 aliphatic carbocycles. The topological polar surface area (TPSA) is 90.3 Å². The first-order chi connectivity index (χ1) is 14.0. The first-order valence-electron chi connectivity index (χ1n) is 9.66. The second-order valence-electron chi connectivity index (χ2n) is 7.85. The van der Waals surface area contributed by atoms with Crippen molar-refractivity contribution in [3.63, 3.8) is 0 Å². The van der Waals surface area contributed by atoms with Crippen LogP contribution in [-0.4, -0.2) is 95.8 Å². The van der Waals surface area contributed by atoms with Gasteiger partial charge in [0.15, 0.2) is 0 Å².